The van der Waals surface area contributed by atoms with Crippen LogP contribution in [0.2, 0.25) is 5.02 Å². The highest BCUT2D eigenvalue weighted by Gasteiger charge is 2.34. The molecule has 0 spiro atoms. The maximum atomic E-state index is 12.9. The second kappa shape index (κ2) is 8.93. The highest BCUT2D eigenvalue weighted by molar-refractivity contribution is 7.92. The lowest BCUT2D eigenvalue weighted by Gasteiger charge is -2.26. The van der Waals surface area contributed by atoms with Crippen molar-refractivity contribution in [2.45, 2.75) is 23.9 Å². The van der Waals surface area contributed by atoms with Gasteiger partial charge in [0, 0.05) is 37.1 Å². The number of ether oxygens (including phenoxy) is 1. The Morgan fingerprint density at radius 1 is 1.22 bits per heavy atom. The number of carbonyl (C=O) groups excluding carboxylic acids is 1. The van der Waals surface area contributed by atoms with E-state index >= 15 is 0 Å². The molecule has 4 rings (SSSR count). The van der Waals surface area contributed by atoms with Crippen molar-refractivity contribution in [3.8, 4) is 0 Å². The van der Waals surface area contributed by atoms with Crippen molar-refractivity contribution in [3.63, 3.8) is 0 Å². The number of hydrogen-bond acceptors (Lipinski definition) is 5. The molecule has 1 N–H and O–H groups in total. The lowest BCUT2D eigenvalue weighted by molar-refractivity contribution is -0.122. The summed E-state index contributed by atoms with van der Waals surface area (Å²) in [5.74, 6) is -0.185. The number of sulfonamides is 1. The van der Waals surface area contributed by atoms with Gasteiger partial charge in [-0.2, -0.15) is 13.5 Å². The van der Waals surface area contributed by atoms with E-state index in [2.05, 4.69) is 9.82 Å². The first kappa shape index (κ1) is 22.3. The van der Waals surface area contributed by atoms with Crippen molar-refractivity contribution in [2.75, 3.05) is 23.3 Å². The Balaban J connectivity index is 1.63. The van der Waals surface area contributed by atoms with Crippen LogP contribution >= 0.6 is 11.6 Å². The molecule has 3 aromatic rings. The van der Waals surface area contributed by atoms with Gasteiger partial charge in [0.15, 0.2) is 5.03 Å². The molecular weight excluding hydrogens is 452 g/mol. The second-order valence-electron chi connectivity index (χ2n) is 7.66. The molecular formula is C22H23ClN4O4S. The third-order valence-electron chi connectivity index (χ3n) is 5.30. The maximum Gasteiger partial charge on any atom is 0.281 e. The molecule has 1 aromatic heterocycles. The predicted octanol–water partition coefficient (Wildman–Crippen LogP) is 3.02. The molecule has 0 saturated carbocycles. The zero-order chi connectivity index (χ0) is 22.9. The Labute approximate surface area is 191 Å². The minimum Gasteiger partial charge on any atom is -0.375 e. The Morgan fingerprint density at radius 3 is 2.62 bits per heavy atom. The lowest BCUT2D eigenvalue weighted by Crippen LogP contribution is -2.41. The largest absolute Gasteiger partial charge is 0.375 e. The minimum absolute atomic E-state index is 0.0690. The van der Waals surface area contributed by atoms with E-state index in [1.807, 2.05) is 30.3 Å². The maximum absolute atomic E-state index is 12.9. The van der Waals surface area contributed by atoms with Gasteiger partial charge in [0.2, 0.25) is 0 Å². The summed E-state index contributed by atoms with van der Waals surface area (Å²) in [6, 6.07) is 14.1. The zero-order valence-corrected chi connectivity index (χ0v) is 19.2. The number of hydrogen-bond donors (Lipinski definition) is 1. The van der Waals surface area contributed by atoms with Crippen LogP contribution in [0.5, 0.6) is 0 Å². The quantitative estimate of drug-likeness (QED) is 0.568. The number of aryl methyl sites for hydroxylation is 1. The van der Waals surface area contributed by atoms with Crippen LogP contribution in [0.3, 0.4) is 0 Å². The van der Waals surface area contributed by atoms with Crippen LogP contribution in [0.1, 0.15) is 11.1 Å². The summed E-state index contributed by atoms with van der Waals surface area (Å²) in [4.78, 5) is 14.6. The highest BCUT2D eigenvalue weighted by Crippen LogP contribution is 2.36. The Morgan fingerprint density at radius 2 is 1.97 bits per heavy atom. The smallest absolute Gasteiger partial charge is 0.281 e. The van der Waals surface area contributed by atoms with Crippen molar-refractivity contribution in [1.29, 1.82) is 0 Å². The van der Waals surface area contributed by atoms with Crippen LogP contribution in [-0.4, -0.2) is 43.9 Å². The molecule has 1 aliphatic rings. The van der Waals surface area contributed by atoms with Gasteiger partial charge in [-0.15, -0.1) is 0 Å². The standard InChI is InChI=1S/C22H23ClN4O4S/c1-26-10-9-21(24-26)32(29,30)25-18-8-5-16-12-19(11-15-3-6-17(23)7-4-15)27(20(16)13-18)22(28)14-31-2/h3-10,13,19,25H,11-12,14H2,1-2H3. The fraction of sp³-hybridized carbons (Fsp3) is 0.273. The molecule has 1 amide bonds. The van der Waals surface area contributed by atoms with Gasteiger partial charge in [-0.1, -0.05) is 29.8 Å². The van der Waals surface area contributed by atoms with Crippen molar-refractivity contribution >= 4 is 38.9 Å². The number of methoxy groups -OCH3 is 1. The Bertz CT molecular complexity index is 1240. The molecule has 0 radical (unpaired) electrons. The number of fused-ring (bicyclic) bond motifs is 1. The van der Waals surface area contributed by atoms with Gasteiger partial charge in [-0.25, -0.2) is 0 Å². The topological polar surface area (TPSA) is 93.5 Å². The highest BCUT2D eigenvalue weighted by atomic mass is 35.5. The number of aromatic nitrogens is 2. The van der Waals surface area contributed by atoms with E-state index in [1.54, 1.807) is 30.3 Å². The summed E-state index contributed by atoms with van der Waals surface area (Å²) >= 11 is 5.99. The molecule has 0 saturated heterocycles. The molecule has 1 aliphatic heterocycles. The van der Waals surface area contributed by atoms with Crippen LogP contribution in [0.25, 0.3) is 0 Å². The van der Waals surface area contributed by atoms with E-state index < -0.39 is 10.0 Å². The van der Waals surface area contributed by atoms with Crippen LogP contribution in [-0.2, 0) is 39.4 Å². The lowest BCUT2D eigenvalue weighted by atomic mass is 10.0. The van der Waals surface area contributed by atoms with E-state index in [0.717, 1.165) is 11.1 Å². The average molecular weight is 475 g/mol. The van der Waals surface area contributed by atoms with Gasteiger partial charge >= 0.3 is 0 Å². The van der Waals surface area contributed by atoms with Gasteiger partial charge < -0.3 is 9.64 Å². The number of nitrogens with one attached hydrogen (secondary N) is 1. The van der Waals surface area contributed by atoms with E-state index in [1.165, 1.54) is 17.9 Å². The third-order valence-corrected chi connectivity index (χ3v) is 6.83. The molecule has 10 heteroatoms. The number of benzene rings is 2. The first-order valence-electron chi connectivity index (χ1n) is 9.97. The molecule has 168 valence electrons. The summed E-state index contributed by atoms with van der Waals surface area (Å²) in [5, 5.41) is 4.54. The second-order valence-corrected chi connectivity index (χ2v) is 9.73. The number of rotatable bonds is 7. The summed E-state index contributed by atoms with van der Waals surface area (Å²) < 4.78 is 34.4. The number of anilines is 2. The van der Waals surface area contributed by atoms with Crippen molar-refractivity contribution in [2.24, 2.45) is 7.05 Å². The van der Waals surface area contributed by atoms with Gasteiger partial charge in [0.1, 0.15) is 6.61 Å². The Kier molecular flexibility index (Phi) is 6.23. The third kappa shape index (κ3) is 4.64. The fourth-order valence-electron chi connectivity index (χ4n) is 3.90. The zero-order valence-electron chi connectivity index (χ0n) is 17.7. The van der Waals surface area contributed by atoms with Gasteiger partial charge in [-0.05, 0) is 54.3 Å². The van der Waals surface area contributed by atoms with Gasteiger partial charge in [0.25, 0.3) is 15.9 Å². The normalized spacial score (nSPS) is 15.6. The number of amides is 1. The molecule has 2 aromatic carbocycles. The number of halogens is 1. The molecule has 32 heavy (non-hydrogen) atoms. The van der Waals surface area contributed by atoms with Crippen LogP contribution in [0.15, 0.2) is 59.8 Å². The van der Waals surface area contributed by atoms with Crippen LogP contribution < -0.4 is 9.62 Å². The molecule has 8 nitrogen and oxygen atoms in total. The molecule has 1 atom stereocenters. The molecule has 1 unspecified atom stereocenters. The van der Waals surface area contributed by atoms with E-state index in [9.17, 15) is 13.2 Å². The summed E-state index contributed by atoms with van der Waals surface area (Å²) in [6.45, 7) is -0.0690. The van der Waals surface area contributed by atoms with Crippen LogP contribution in [0, 0.1) is 0 Å². The predicted molar refractivity (Wildman–Crippen MR) is 122 cm³/mol. The summed E-state index contributed by atoms with van der Waals surface area (Å²) in [6.07, 6.45) is 2.85. The van der Waals surface area contributed by atoms with Gasteiger partial charge in [-0.3, -0.25) is 14.2 Å². The minimum atomic E-state index is -3.85. The van der Waals surface area contributed by atoms with Crippen molar-refractivity contribution in [3.05, 3.63) is 70.9 Å². The van der Waals surface area contributed by atoms with E-state index in [-0.39, 0.29) is 23.6 Å². The number of nitrogens with zero attached hydrogens (tertiary/aromatic N) is 3. The summed E-state index contributed by atoms with van der Waals surface area (Å²) in [5.41, 5.74) is 3.05. The first-order chi connectivity index (χ1) is 15.3. The van der Waals surface area contributed by atoms with E-state index in [0.29, 0.717) is 29.2 Å². The number of carbonyl (C=O) groups is 1. The SMILES string of the molecule is COCC(=O)N1c2cc(NS(=O)(=O)c3ccn(C)n3)ccc2CC1Cc1ccc(Cl)cc1. The average Bonchev–Trinajstić information content (AvgIpc) is 3.33. The van der Waals surface area contributed by atoms with Gasteiger partial charge in [0.05, 0.1) is 5.69 Å². The van der Waals surface area contributed by atoms with Crippen molar-refractivity contribution in [1.82, 2.24) is 9.78 Å². The Hall–Kier alpha value is -2.88. The fourth-order valence-corrected chi connectivity index (χ4v) is 5.04. The molecule has 2 heterocycles. The molecule has 0 aliphatic carbocycles. The first-order valence-corrected chi connectivity index (χ1v) is 11.8. The van der Waals surface area contributed by atoms with E-state index in [4.69, 9.17) is 16.3 Å². The molecule has 0 bridgehead atoms. The van der Waals surface area contributed by atoms with Crippen LogP contribution in [0.4, 0.5) is 11.4 Å². The molecule has 0 fully saturated rings. The summed E-state index contributed by atoms with van der Waals surface area (Å²) in [7, 11) is -0.727. The van der Waals surface area contributed by atoms with Crippen molar-refractivity contribution < 1.29 is 17.9 Å². The monoisotopic (exact) mass is 474 g/mol.